The Hall–Kier alpha value is -0.160. The first kappa shape index (κ1) is 16.2. The lowest BCUT2D eigenvalue weighted by atomic mass is 9.92. The molecule has 0 bridgehead atoms. The van der Waals surface area contributed by atoms with E-state index in [-0.39, 0.29) is 12.1 Å². The molecule has 118 valence electrons. The molecule has 1 aliphatic heterocycles. The second kappa shape index (κ2) is 7.21. The minimum absolute atomic E-state index is 0.0467. The molecule has 2 aliphatic rings. The van der Waals surface area contributed by atoms with Crippen molar-refractivity contribution in [2.24, 2.45) is 11.8 Å². The highest BCUT2D eigenvalue weighted by Crippen LogP contribution is 2.40. The molecule has 4 heteroatoms. The monoisotopic (exact) mass is 283 g/mol. The van der Waals surface area contributed by atoms with E-state index in [9.17, 15) is 5.11 Å². The van der Waals surface area contributed by atoms with Gasteiger partial charge in [0, 0.05) is 39.3 Å². The summed E-state index contributed by atoms with van der Waals surface area (Å²) in [5, 5.41) is 13.5. The maximum absolute atomic E-state index is 9.92. The van der Waals surface area contributed by atoms with Crippen molar-refractivity contribution in [3.8, 4) is 0 Å². The molecule has 0 aromatic carbocycles. The number of rotatable bonds is 8. The molecule has 1 saturated carbocycles. The Morgan fingerprint density at radius 3 is 2.20 bits per heavy atom. The van der Waals surface area contributed by atoms with Gasteiger partial charge in [0.25, 0.3) is 0 Å². The summed E-state index contributed by atoms with van der Waals surface area (Å²) in [4.78, 5) is 5.13. The summed E-state index contributed by atoms with van der Waals surface area (Å²) in [5.41, 5.74) is -0.0467. The topological polar surface area (TPSA) is 38.7 Å². The molecule has 1 aliphatic carbocycles. The molecule has 1 unspecified atom stereocenters. The summed E-state index contributed by atoms with van der Waals surface area (Å²) in [6, 6.07) is 0. The number of nitrogens with zero attached hydrogens (tertiary/aromatic N) is 2. The van der Waals surface area contributed by atoms with Crippen molar-refractivity contribution >= 4 is 0 Å². The summed E-state index contributed by atoms with van der Waals surface area (Å²) in [7, 11) is 0. The molecule has 2 fully saturated rings. The van der Waals surface area contributed by atoms with Crippen molar-refractivity contribution in [1.82, 2.24) is 15.1 Å². The third-order valence-electron chi connectivity index (χ3n) is 4.76. The van der Waals surface area contributed by atoms with E-state index in [0.717, 1.165) is 32.1 Å². The van der Waals surface area contributed by atoms with Crippen LogP contribution in [0.25, 0.3) is 0 Å². The van der Waals surface area contributed by atoms with Crippen LogP contribution in [0, 0.1) is 11.8 Å². The lowest BCUT2D eigenvalue weighted by molar-refractivity contribution is 0.0579. The highest BCUT2D eigenvalue weighted by molar-refractivity contribution is 5.03. The van der Waals surface area contributed by atoms with E-state index in [1.165, 1.54) is 32.5 Å². The van der Waals surface area contributed by atoms with Crippen LogP contribution in [0.4, 0.5) is 0 Å². The summed E-state index contributed by atoms with van der Waals surface area (Å²) < 4.78 is 0. The van der Waals surface area contributed by atoms with Gasteiger partial charge >= 0.3 is 0 Å². The number of nitrogens with one attached hydrogen (secondary N) is 1. The molecule has 0 radical (unpaired) electrons. The van der Waals surface area contributed by atoms with Gasteiger partial charge in [0.2, 0.25) is 0 Å². The van der Waals surface area contributed by atoms with Crippen molar-refractivity contribution in [1.29, 1.82) is 0 Å². The van der Waals surface area contributed by atoms with Gasteiger partial charge in [-0.15, -0.1) is 0 Å². The maximum atomic E-state index is 9.92. The summed E-state index contributed by atoms with van der Waals surface area (Å²) in [5.74, 6) is 1.44. The predicted molar refractivity (Wildman–Crippen MR) is 83.9 cm³/mol. The highest BCUT2D eigenvalue weighted by Gasteiger charge is 2.45. The van der Waals surface area contributed by atoms with Crippen molar-refractivity contribution in [2.75, 3.05) is 52.4 Å². The minimum Gasteiger partial charge on any atom is -0.394 e. The largest absolute Gasteiger partial charge is 0.394 e. The Morgan fingerprint density at radius 1 is 1.15 bits per heavy atom. The van der Waals surface area contributed by atoms with Crippen LogP contribution in [0.3, 0.4) is 0 Å². The number of likely N-dealkylation sites (N-methyl/N-ethyl adjacent to an activating group) is 1. The van der Waals surface area contributed by atoms with E-state index in [0.29, 0.717) is 5.92 Å². The second-order valence-corrected chi connectivity index (χ2v) is 7.09. The molecule has 2 N–H and O–H groups in total. The van der Waals surface area contributed by atoms with E-state index in [4.69, 9.17) is 0 Å². The van der Waals surface area contributed by atoms with Crippen molar-refractivity contribution in [3.63, 3.8) is 0 Å². The molecular formula is C16H33N3O. The molecule has 1 saturated heterocycles. The lowest BCUT2D eigenvalue weighted by Crippen LogP contribution is -2.60. The first-order valence-corrected chi connectivity index (χ1v) is 8.40. The fourth-order valence-corrected chi connectivity index (χ4v) is 3.60. The van der Waals surface area contributed by atoms with Gasteiger partial charge in [0.15, 0.2) is 0 Å². The molecule has 2 rings (SSSR count). The van der Waals surface area contributed by atoms with E-state index < -0.39 is 0 Å². The zero-order valence-corrected chi connectivity index (χ0v) is 13.6. The first-order chi connectivity index (χ1) is 9.59. The van der Waals surface area contributed by atoms with Crippen LogP contribution in [0.2, 0.25) is 0 Å². The van der Waals surface area contributed by atoms with Gasteiger partial charge in [-0.25, -0.2) is 0 Å². The van der Waals surface area contributed by atoms with Gasteiger partial charge < -0.3 is 15.3 Å². The summed E-state index contributed by atoms with van der Waals surface area (Å²) in [6.45, 7) is 14.8. The smallest absolute Gasteiger partial charge is 0.0628 e. The molecule has 1 heterocycles. The van der Waals surface area contributed by atoms with E-state index in [1.54, 1.807) is 0 Å². The van der Waals surface area contributed by atoms with Crippen LogP contribution in [0.1, 0.15) is 33.6 Å². The number of piperazine rings is 1. The lowest BCUT2D eigenvalue weighted by Gasteiger charge is -2.42. The van der Waals surface area contributed by atoms with Gasteiger partial charge in [-0.2, -0.15) is 0 Å². The summed E-state index contributed by atoms with van der Waals surface area (Å²) >= 11 is 0. The Morgan fingerprint density at radius 2 is 1.75 bits per heavy atom. The first-order valence-electron chi connectivity index (χ1n) is 8.40. The average molecular weight is 283 g/mol. The second-order valence-electron chi connectivity index (χ2n) is 7.09. The Kier molecular flexibility index (Phi) is 5.84. The molecule has 0 spiro atoms. The van der Waals surface area contributed by atoms with Gasteiger partial charge in [0.1, 0.15) is 0 Å². The number of hydrogen-bond acceptors (Lipinski definition) is 4. The fourth-order valence-electron chi connectivity index (χ4n) is 3.60. The van der Waals surface area contributed by atoms with Crippen molar-refractivity contribution in [2.45, 2.75) is 39.2 Å². The van der Waals surface area contributed by atoms with Gasteiger partial charge in [0.05, 0.1) is 12.1 Å². The molecule has 1 atom stereocenters. The van der Waals surface area contributed by atoms with Crippen LogP contribution >= 0.6 is 0 Å². The van der Waals surface area contributed by atoms with Crippen molar-refractivity contribution in [3.05, 3.63) is 0 Å². The van der Waals surface area contributed by atoms with Crippen LogP contribution in [0.15, 0.2) is 0 Å². The quantitative estimate of drug-likeness (QED) is 0.697. The number of aliphatic hydroxyl groups excluding tert-OH is 1. The van der Waals surface area contributed by atoms with Crippen LogP contribution in [-0.2, 0) is 0 Å². The molecule has 20 heavy (non-hydrogen) atoms. The average Bonchev–Trinajstić information content (AvgIpc) is 3.24. The SMILES string of the molecule is CCNC(CO)(CN1CCN(CC(C)C)CC1)C1CC1. The Labute approximate surface area is 124 Å². The summed E-state index contributed by atoms with van der Waals surface area (Å²) in [6.07, 6.45) is 2.56. The van der Waals surface area contributed by atoms with Gasteiger partial charge in [-0.05, 0) is 31.2 Å². The standard InChI is InChI=1S/C16H33N3O/c1-4-17-16(13-20,15-5-6-15)12-19-9-7-18(8-10-19)11-14(2)3/h14-15,17,20H,4-13H2,1-3H3. The molecule has 4 nitrogen and oxygen atoms in total. The van der Waals surface area contributed by atoms with E-state index in [1.807, 2.05) is 0 Å². The predicted octanol–water partition coefficient (Wildman–Crippen LogP) is 1.01. The fraction of sp³-hybridized carbons (Fsp3) is 1.00. The van der Waals surface area contributed by atoms with Crippen LogP contribution < -0.4 is 5.32 Å². The highest BCUT2D eigenvalue weighted by atomic mass is 16.3. The van der Waals surface area contributed by atoms with Gasteiger partial charge in [-0.3, -0.25) is 4.90 Å². The van der Waals surface area contributed by atoms with Crippen LogP contribution in [-0.4, -0.2) is 72.9 Å². The molecule has 0 aromatic heterocycles. The Balaban J connectivity index is 1.83. The maximum Gasteiger partial charge on any atom is 0.0628 e. The zero-order chi connectivity index (χ0) is 14.6. The number of hydrogen-bond donors (Lipinski definition) is 2. The van der Waals surface area contributed by atoms with Gasteiger partial charge in [-0.1, -0.05) is 20.8 Å². The number of aliphatic hydroxyl groups is 1. The normalized spacial score (nSPS) is 25.1. The Bertz CT molecular complexity index is 285. The van der Waals surface area contributed by atoms with E-state index in [2.05, 4.69) is 35.9 Å². The molecular weight excluding hydrogens is 250 g/mol. The van der Waals surface area contributed by atoms with Crippen LogP contribution in [0.5, 0.6) is 0 Å². The molecule has 0 amide bonds. The molecule has 0 aromatic rings. The van der Waals surface area contributed by atoms with E-state index >= 15 is 0 Å². The minimum atomic E-state index is -0.0467. The third kappa shape index (κ3) is 4.17. The van der Waals surface area contributed by atoms with Crippen molar-refractivity contribution < 1.29 is 5.11 Å². The zero-order valence-electron chi connectivity index (χ0n) is 13.6. The third-order valence-corrected chi connectivity index (χ3v) is 4.76.